The van der Waals surface area contributed by atoms with E-state index in [1.165, 1.54) is 77.2 Å². The molecule has 0 aromatic heterocycles. The molecule has 2 rings (SSSR count). The largest absolute Gasteiger partial charge is 0.313 e. The predicted molar refractivity (Wildman–Crippen MR) is 75.2 cm³/mol. The van der Waals surface area contributed by atoms with Crippen molar-refractivity contribution in [1.82, 2.24) is 5.32 Å². The van der Waals surface area contributed by atoms with Gasteiger partial charge in [-0.15, -0.1) is 0 Å². The minimum Gasteiger partial charge on any atom is -0.313 e. The molecule has 0 aromatic carbocycles. The highest BCUT2D eigenvalue weighted by atomic mass is 14.9. The fourth-order valence-corrected chi connectivity index (χ4v) is 3.85. The lowest BCUT2D eigenvalue weighted by Crippen LogP contribution is -2.40. The van der Waals surface area contributed by atoms with Gasteiger partial charge in [0, 0.05) is 6.04 Å². The normalized spacial score (nSPS) is 32.3. The van der Waals surface area contributed by atoms with Gasteiger partial charge in [0.1, 0.15) is 0 Å². The van der Waals surface area contributed by atoms with Crippen LogP contribution in [0.1, 0.15) is 77.6 Å². The summed E-state index contributed by atoms with van der Waals surface area (Å²) in [6.45, 7) is 3.68. The quantitative estimate of drug-likeness (QED) is 0.709. The van der Waals surface area contributed by atoms with Crippen LogP contribution in [0.25, 0.3) is 0 Å². The first-order chi connectivity index (χ1) is 8.40. The second-order valence-corrected chi connectivity index (χ2v) is 6.33. The first kappa shape index (κ1) is 13.4. The first-order valence-electron chi connectivity index (χ1n) is 8.13. The summed E-state index contributed by atoms with van der Waals surface area (Å²) in [4.78, 5) is 0. The molecule has 1 N–H and O–H groups in total. The van der Waals surface area contributed by atoms with Crippen molar-refractivity contribution in [2.75, 3.05) is 6.54 Å². The Hall–Kier alpha value is -0.0400. The van der Waals surface area contributed by atoms with Gasteiger partial charge in [0.25, 0.3) is 0 Å². The Labute approximate surface area is 108 Å². The Morgan fingerprint density at radius 1 is 0.824 bits per heavy atom. The van der Waals surface area contributed by atoms with Crippen LogP contribution < -0.4 is 5.32 Å². The van der Waals surface area contributed by atoms with Gasteiger partial charge in [0.2, 0.25) is 0 Å². The van der Waals surface area contributed by atoms with Crippen LogP contribution in [-0.4, -0.2) is 12.6 Å². The summed E-state index contributed by atoms with van der Waals surface area (Å²) in [5, 5.41) is 3.92. The molecule has 0 saturated heterocycles. The van der Waals surface area contributed by atoms with Gasteiger partial charge in [-0.2, -0.15) is 0 Å². The topological polar surface area (TPSA) is 12.0 Å². The van der Waals surface area contributed by atoms with E-state index in [9.17, 15) is 0 Å². The highest BCUT2D eigenvalue weighted by molar-refractivity contribution is 4.81. The molecule has 0 bridgehead atoms. The Morgan fingerprint density at radius 3 is 2.18 bits per heavy atom. The van der Waals surface area contributed by atoms with Crippen molar-refractivity contribution >= 4 is 0 Å². The fraction of sp³-hybridized carbons (Fsp3) is 1.00. The van der Waals surface area contributed by atoms with Crippen LogP contribution >= 0.6 is 0 Å². The van der Waals surface area contributed by atoms with Crippen molar-refractivity contribution in [3.63, 3.8) is 0 Å². The maximum Gasteiger partial charge on any atom is 0.00953 e. The van der Waals surface area contributed by atoms with Gasteiger partial charge in [0.05, 0.1) is 0 Å². The maximum atomic E-state index is 3.92. The van der Waals surface area contributed by atoms with Crippen molar-refractivity contribution in [1.29, 1.82) is 0 Å². The van der Waals surface area contributed by atoms with Crippen LogP contribution in [0.15, 0.2) is 0 Å². The zero-order valence-corrected chi connectivity index (χ0v) is 11.7. The molecule has 17 heavy (non-hydrogen) atoms. The van der Waals surface area contributed by atoms with Crippen molar-refractivity contribution in [2.24, 2.45) is 11.8 Å². The SMILES string of the molecule is CCC1CCCCC1NCC1CCCCCC1. The van der Waals surface area contributed by atoms with E-state index in [4.69, 9.17) is 0 Å². The van der Waals surface area contributed by atoms with Crippen LogP contribution in [0.2, 0.25) is 0 Å². The van der Waals surface area contributed by atoms with Gasteiger partial charge in [-0.1, -0.05) is 51.9 Å². The number of rotatable bonds is 4. The third-order valence-electron chi connectivity index (χ3n) is 5.08. The molecule has 2 fully saturated rings. The Kier molecular flexibility index (Phi) is 5.84. The number of nitrogens with one attached hydrogen (secondary N) is 1. The average Bonchev–Trinajstić information content (AvgIpc) is 2.65. The molecular formula is C16H31N. The fourth-order valence-electron chi connectivity index (χ4n) is 3.85. The van der Waals surface area contributed by atoms with Crippen LogP contribution in [0.5, 0.6) is 0 Å². The highest BCUT2D eigenvalue weighted by Gasteiger charge is 2.24. The van der Waals surface area contributed by atoms with Crippen LogP contribution in [0.3, 0.4) is 0 Å². The van der Waals surface area contributed by atoms with E-state index in [0.29, 0.717) is 0 Å². The van der Waals surface area contributed by atoms with Crippen LogP contribution in [-0.2, 0) is 0 Å². The molecule has 100 valence electrons. The molecule has 1 heteroatoms. The molecular weight excluding hydrogens is 206 g/mol. The highest BCUT2D eigenvalue weighted by Crippen LogP contribution is 2.28. The van der Waals surface area contributed by atoms with Gasteiger partial charge in [0.15, 0.2) is 0 Å². The summed E-state index contributed by atoms with van der Waals surface area (Å²) in [5.74, 6) is 1.95. The Bertz CT molecular complexity index is 194. The maximum absolute atomic E-state index is 3.92. The smallest absolute Gasteiger partial charge is 0.00953 e. The Balaban J connectivity index is 1.71. The lowest BCUT2D eigenvalue weighted by molar-refractivity contribution is 0.241. The molecule has 0 aromatic rings. The minimum absolute atomic E-state index is 0.844. The second-order valence-electron chi connectivity index (χ2n) is 6.33. The molecule has 0 aliphatic heterocycles. The summed E-state index contributed by atoms with van der Waals surface area (Å²) in [7, 11) is 0. The van der Waals surface area contributed by atoms with E-state index in [1.807, 2.05) is 0 Å². The summed E-state index contributed by atoms with van der Waals surface area (Å²) in [6.07, 6.45) is 16.1. The average molecular weight is 237 g/mol. The van der Waals surface area contributed by atoms with Crippen LogP contribution in [0, 0.1) is 11.8 Å². The van der Waals surface area contributed by atoms with Gasteiger partial charge < -0.3 is 5.32 Å². The van der Waals surface area contributed by atoms with Gasteiger partial charge in [-0.25, -0.2) is 0 Å². The van der Waals surface area contributed by atoms with E-state index in [-0.39, 0.29) is 0 Å². The van der Waals surface area contributed by atoms with Crippen molar-refractivity contribution in [3.05, 3.63) is 0 Å². The molecule has 2 unspecified atom stereocenters. The lowest BCUT2D eigenvalue weighted by atomic mass is 9.82. The summed E-state index contributed by atoms with van der Waals surface area (Å²) < 4.78 is 0. The molecule has 2 atom stereocenters. The zero-order valence-electron chi connectivity index (χ0n) is 11.7. The minimum atomic E-state index is 0.844. The van der Waals surface area contributed by atoms with Gasteiger partial charge in [-0.3, -0.25) is 0 Å². The first-order valence-corrected chi connectivity index (χ1v) is 8.13. The summed E-state index contributed by atoms with van der Waals surface area (Å²) >= 11 is 0. The summed E-state index contributed by atoms with van der Waals surface area (Å²) in [5.41, 5.74) is 0. The van der Waals surface area contributed by atoms with Gasteiger partial charge in [-0.05, 0) is 44.1 Å². The van der Waals surface area contributed by atoms with E-state index in [1.54, 1.807) is 0 Å². The monoisotopic (exact) mass is 237 g/mol. The second kappa shape index (κ2) is 7.41. The van der Waals surface area contributed by atoms with Crippen molar-refractivity contribution in [2.45, 2.75) is 83.6 Å². The molecule has 0 amide bonds. The van der Waals surface area contributed by atoms with E-state index < -0.39 is 0 Å². The molecule has 0 spiro atoms. The van der Waals surface area contributed by atoms with E-state index in [2.05, 4.69) is 12.2 Å². The molecule has 0 radical (unpaired) electrons. The molecule has 2 saturated carbocycles. The molecule has 0 heterocycles. The van der Waals surface area contributed by atoms with Crippen molar-refractivity contribution in [3.8, 4) is 0 Å². The lowest BCUT2D eigenvalue weighted by Gasteiger charge is -2.33. The van der Waals surface area contributed by atoms with Crippen LogP contribution in [0.4, 0.5) is 0 Å². The van der Waals surface area contributed by atoms with Gasteiger partial charge >= 0.3 is 0 Å². The summed E-state index contributed by atoms with van der Waals surface area (Å²) in [6, 6.07) is 0.844. The molecule has 2 aliphatic carbocycles. The Morgan fingerprint density at radius 2 is 1.47 bits per heavy atom. The molecule has 2 aliphatic rings. The predicted octanol–water partition coefficient (Wildman–Crippen LogP) is 4.52. The van der Waals surface area contributed by atoms with Crippen molar-refractivity contribution < 1.29 is 0 Å². The number of hydrogen-bond donors (Lipinski definition) is 1. The van der Waals surface area contributed by atoms with E-state index in [0.717, 1.165) is 17.9 Å². The standard InChI is InChI=1S/C16H31N/c1-2-15-11-7-8-12-16(15)17-13-14-9-5-3-4-6-10-14/h14-17H,2-13H2,1H3. The third-order valence-corrected chi connectivity index (χ3v) is 5.08. The zero-order chi connectivity index (χ0) is 11.9. The van der Waals surface area contributed by atoms with E-state index >= 15 is 0 Å². The third kappa shape index (κ3) is 4.28. The number of hydrogen-bond acceptors (Lipinski definition) is 1. The molecule has 1 nitrogen and oxygen atoms in total.